The SMILES string of the molecule is CCOCC1(c2ccc(N)cc2)CC1. The van der Waals surface area contributed by atoms with Gasteiger partial charge in [-0.05, 0) is 37.5 Å². The van der Waals surface area contributed by atoms with Crippen LogP contribution in [0.1, 0.15) is 25.3 Å². The fourth-order valence-electron chi connectivity index (χ4n) is 1.80. The molecular formula is C12H17NO. The average molecular weight is 191 g/mol. The fraction of sp³-hybridized carbons (Fsp3) is 0.500. The van der Waals surface area contributed by atoms with Crippen LogP contribution in [0.4, 0.5) is 5.69 Å². The van der Waals surface area contributed by atoms with Crippen molar-refractivity contribution in [1.29, 1.82) is 0 Å². The molecule has 2 rings (SSSR count). The highest BCUT2D eigenvalue weighted by Crippen LogP contribution is 2.48. The second-order valence-corrected chi connectivity index (χ2v) is 4.04. The summed E-state index contributed by atoms with van der Waals surface area (Å²) in [5.74, 6) is 0. The molecule has 2 heteroatoms. The molecule has 0 amide bonds. The van der Waals surface area contributed by atoms with Crippen molar-refractivity contribution in [2.24, 2.45) is 0 Å². The lowest BCUT2D eigenvalue weighted by Crippen LogP contribution is -2.15. The molecule has 1 fully saturated rings. The number of nitrogens with two attached hydrogens (primary N) is 1. The van der Waals surface area contributed by atoms with E-state index in [4.69, 9.17) is 10.5 Å². The van der Waals surface area contributed by atoms with Crippen molar-refractivity contribution in [3.8, 4) is 0 Å². The zero-order valence-electron chi connectivity index (χ0n) is 8.62. The first-order valence-electron chi connectivity index (χ1n) is 5.21. The van der Waals surface area contributed by atoms with Crippen molar-refractivity contribution in [2.45, 2.75) is 25.2 Å². The minimum absolute atomic E-state index is 0.309. The fourth-order valence-corrected chi connectivity index (χ4v) is 1.80. The van der Waals surface area contributed by atoms with Gasteiger partial charge in [-0.3, -0.25) is 0 Å². The van der Waals surface area contributed by atoms with Gasteiger partial charge in [0.2, 0.25) is 0 Å². The topological polar surface area (TPSA) is 35.2 Å². The Hall–Kier alpha value is -1.02. The van der Waals surface area contributed by atoms with Gasteiger partial charge in [0.25, 0.3) is 0 Å². The van der Waals surface area contributed by atoms with Crippen LogP contribution >= 0.6 is 0 Å². The van der Waals surface area contributed by atoms with Gasteiger partial charge in [-0.2, -0.15) is 0 Å². The van der Waals surface area contributed by atoms with Crippen LogP contribution in [-0.2, 0) is 10.2 Å². The van der Waals surface area contributed by atoms with Crippen molar-refractivity contribution >= 4 is 5.69 Å². The van der Waals surface area contributed by atoms with Crippen molar-refractivity contribution < 1.29 is 4.74 Å². The summed E-state index contributed by atoms with van der Waals surface area (Å²) < 4.78 is 5.51. The maximum absolute atomic E-state index is 5.66. The maximum atomic E-state index is 5.66. The maximum Gasteiger partial charge on any atom is 0.0562 e. The molecule has 1 saturated carbocycles. The summed E-state index contributed by atoms with van der Waals surface area (Å²) in [4.78, 5) is 0. The number of rotatable bonds is 4. The van der Waals surface area contributed by atoms with Gasteiger partial charge in [0.05, 0.1) is 6.61 Å². The Morgan fingerprint density at radius 3 is 2.43 bits per heavy atom. The highest BCUT2D eigenvalue weighted by atomic mass is 16.5. The van der Waals surface area contributed by atoms with Crippen molar-refractivity contribution in [3.05, 3.63) is 29.8 Å². The third-order valence-electron chi connectivity index (χ3n) is 2.96. The molecule has 0 unspecified atom stereocenters. The van der Waals surface area contributed by atoms with Crippen LogP contribution in [0.2, 0.25) is 0 Å². The number of ether oxygens (including phenoxy) is 1. The molecule has 1 aliphatic carbocycles. The van der Waals surface area contributed by atoms with E-state index in [0.29, 0.717) is 5.41 Å². The molecule has 0 aromatic heterocycles. The van der Waals surface area contributed by atoms with E-state index in [1.54, 1.807) is 0 Å². The monoisotopic (exact) mass is 191 g/mol. The summed E-state index contributed by atoms with van der Waals surface area (Å²) >= 11 is 0. The summed E-state index contributed by atoms with van der Waals surface area (Å²) in [6.07, 6.45) is 2.49. The summed E-state index contributed by atoms with van der Waals surface area (Å²) in [5.41, 5.74) is 8.18. The van der Waals surface area contributed by atoms with Crippen LogP contribution in [0.5, 0.6) is 0 Å². The van der Waals surface area contributed by atoms with E-state index < -0.39 is 0 Å². The molecule has 0 spiro atoms. The molecule has 1 aromatic rings. The summed E-state index contributed by atoms with van der Waals surface area (Å²) in [5, 5.41) is 0. The summed E-state index contributed by atoms with van der Waals surface area (Å²) in [7, 11) is 0. The lowest BCUT2D eigenvalue weighted by Gasteiger charge is -2.15. The molecule has 0 aliphatic heterocycles. The molecule has 76 valence electrons. The van der Waals surface area contributed by atoms with Gasteiger partial charge in [-0.15, -0.1) is 0 Å². The number of benzene rings is 1. The largest absolute Gasteiger partial charge is 0.399 e. The Morgan fingerprint density at radius 1 is 1.29 bits per heavy atom. The predicted molar refractivity (Wildman–Crippen MR) is 58.3 cm³/mol. The predicted octanol–water partition coefficient (Wildman–Crippen LogP) is 2.34. The Balaban J connectivity index is 2.10. The second-order valence-electron chi connectivity index (χ2n) is 4.04. The van der Waals surface area contributed by atoms with E-state index in [1.807, 2.05) is 19.1 Å². The number of nitrogen functional groups attached to an aromatic ring is 1. The van der Waals surface area contributed by atoms with E-state index in [9.17, 15) is 0 Å². The zero-order chi connectivity index (χ0) is 10.0. The van der Waals surface area contributed by atoms with Crippen LogP contribution < -0.4 is 5.73 Å². The number of anilines is 1. The van der Waals surface area contributed by atoms with Crippen LogP contribution in [0.25, 0.3) is 0 Å². The Bertz CT molecular complexity index is 301. The highest BCUT2D eigenvalue weighted by molar-refractivity contribution is 5.43. The van der Waals surface area contributed by atoms with E-state index >= 15 is 0 Å². The molecule has 0 saturated heterocycles. The van der Waals surface area contributed by atoms with Crippen molar-refractivity contribution in [3.63, 3.8) is 0 Å². The van der Waals surface area contributed by atoms with Gasteiger partial charge in [-0.25, -0.2) is 0 Å². The van der Waals surface area contributed by atoms with Crippen LogP contribution in [0, 0.1) is 0 Å². The Labute approximate surface area is 85.1 Å². The lowest BCUT2D eigenvalue weighted by atomic mass is 9.97. The van der Waals surface area contributed by atoms with Gasteiger partial charge >= 0.3 is 0 Å². The number of hydrogen-bond donors (Lipinski definition) is 1. The van der Waals surface area contributed by atoms with Gasteiger partial charge in [0, 0.05) is 17.7 Å². The molecule has 1 aliphatic rings. The van der Waals surface area contributed by atoms with Gasteiger partial charge in [0.1, 0.15) is 0 Å². The van der Waals surface area contributed by atoms with Gasteiger partial charge in [0.15, 0.2) is 0 Å². The first kappa shape index (κ1) is 9.53. The standard InChI is InChI=1S/C12H17NO/c1-2-14-9-12(7-8-12)10-3-5-11(13)6-4-10/h3-6H,2,7-9,13H2,1H3. The third kappa shape index (κ3) is 1.75. The van der Waals surface area contributed by atoms with Gasteiger partial charge < -0.3 is 10.5 Å². The quantitative estimate of drug-likeness (QED) is 0.741. The lowest BCUT2D eigenvalue weighted by molar-refractivity contribution is 0.125. The Morgan fingerprint density at radius 2 is 1.93 bits per heavy atom. The van der Waals surface area contributed by atoms with Crippen LogP contribution in [-0.4, -0.2) is 13.2 Å². The van der Waals surface area contributed by atoms with Gasteiger partial charge in [-0.1, -0.05) is 12.1 Å². The minimum Gasteiger partial charge on any atom is -0.399 e. The molecule has 0 bridgehead atoms. The molecule has 0 heterocycles. The van der Waals surface area contributed by atoms with E-state index in [-0.39, 0.29) is 0 Å². The smallest absolute Gasteiger partial charge is 0.0562 e. The van der Waals surface area contributed by atoms with Crippen LogP contribution in [0.15, 0.2) is 24.3 Å². The molecule has 2 nitrogen and oxygen atoms in total. The van der Waals surface area contributed by atoms with Crippen molar-refractivity contribution in [1.82, 2.24) is 0 Å². The molecule has 2 N–H and O–H groups in total. The molecular weight excluding hydrogens is 174 g/mol. The van der Waals surface area contributed by atoms with Crippen LogP contribution in [0.3, 0.4) is 0 Å². The second kappa shape index (κ2) is 3.62. The minimum atomic E-state index is 0.309. The summed E-state index contributed by atoms with van der Waals surface area (Å²) in [6, 6.07) is 8.20. The Kier molecular flexibility index (Phi) is 2.46. The van der Waals surface area contributed by atoms with E-state index in [2.05, 4.69) is 12.1 Å². The zero-order valence-corrected chi connectivity index (χ0v) is 8.62. The number of hydrogen-bond acceptors (Lipinski definition) is 2. The van der Waals surface area contributed by atoms with Crippen molar-refractivity contribution in [2.75, 3.05) is 18.9 Å². The molecule has 14 heavy (non-hydrogen) atoms. The first-order chi connectivity index (χ1) is 6.77. The molecule has 0 radical (unpaired) electrons. The average Bonchev–Trinajstić information content (AvgIpc) is 2.97. The highest BCUT2D eigenvalue weighted by Gasteiger charge is 2.44. The summed E-state index contributed by atoms with van der Waals surface area (Å²) in [6.45, 7) is 3.70. The normalized spacial score (nSPS) is 18.1. The third-order valence-corrected chi connectivity index (χ3v) is 2.96. The van der Waals surface area contributed by atoms with E-state index in [1.165, 1.54) is 18.4 Å². The first-order valence-corrected chi connectivity index (χ1v) is 5.21. The molecule has 1 aromatic carbocycles. The molecule has 0 atom stereocenters. The van der Waals surface area contributed by atoms with E-state index in [0.717, 1.165) is 18.9 Å².